The van der Waals surface area contributed by atoms with E-state index < -0.39 is 11.8 Å². The number of hydrogen-bond donors (Lipinski definition) is 0. The van der Waals surface area contributed by atoms with Crippen molar-refractivity contribution in [2.45, 2.75) is 6.92 Å². The van der Waals surface area contributed by atoms with Crippen molar-refractivity contribution in [2.75, 3.05) is 32.8 Å². The normalized spacial score (nSPS) is 14.8. The van der Waals surface area contributed by atoms with E-state index in [0.717, 1.165) is 6.08 Å². The van der Waals surface area contributed by atoms with Gasteiger partial charge in [-0.15, -0.1) is 0 Å². The van der Waals surface area contributed by atoms with Crippen molar-refractivity contribution in [1.82, 2.24) is 9.80 Å². The molecule has 0 spiro atoms. The van der Waals surface area contributed by atoms with Crippen LogP contribution in [-0.4, -0.2) is 60.4 Å². The first-order valence-electron chi connectivity index (χ1n) is 7.60. The van der Waals surface area contributed by atoms with Crippen LogP contribution in [0.1, 0.15) is 12.5 Å². The number of ether oxygens (including phenoxy) is 1. The van der Waals surface area contributed by atoms with Gasteiger partial charge in [-0.25, -0.2) is 9.18 Å². The van der Waals surface area contributed by atoms with E-state index in [1.54, 1.807) is 21.9 Å². The van der Waals surface area contributed by atoms with Crippen LogP contribution < -0.4 is 0 Å². The number of halogens is 1. The SMILES string of the molecule is CC(=O)N1CCN(C(=O)COC(=O)/C=C/c2ccccc2F)CC1. The lowest BCUT2D eigenvalue weighted by Gasteiger charge is -2.34. The summed E-state index contributed by atoms with van der Waals surface area (Å²) < 4.78 is 18.3. The highest BCUT2D eigenvalue weighted by molar-refractivity contribution is 5.89. The molecule has 0 aliphatic carbocycles. The van der Waals surface area contributed by atoms with Gasteiger partial charge in [-0.2, -0.15) is 0 Å². The average Bonchev–Trinajstić information content (AvgIpc) is 2.59. The molecule has 0 radical (unpaired) electrons. The predicted octanol–water partition coefficient (Wildman–Crippen LogP) is 1.07. The monoisotopic (exact) mass is 334 g/mol. The van der Waals surface area contributed by atoms with Crippen LogP contribution in [0.25, 0.3) is 6.08 Å². The third kappa shape index (κ3) is 4.91. The van der Waals surface area contributed by atoms with E-state index in [9.17, 15) is 18.8 Å². The molecule has 24 heavy (non-hydrogen) atoms. The van der Waals surface area contributed by atoms with Crippen molar-refractivity contribution in [1.29, 1.82) is 0 Å². The third-order valence-electron chi connectivity index (χ3n) is 3.72. The van der Waals surface area contributed by atoms with E-state index in [1.165, 1.54) is 25.1 Å². The number of carbonyl (C=O) groups is 3. The molecule has 1 fully saturated rings. The first-order chi connectivity index (χ1) is 11.5. The minimum atomic E-state index is -0.714. The maximum Gasteiger partial charge on any atom is 0.331 e. The van der Waals surface area contributed by atoms with Crippen LogP contribution in [0.15, 0.2) is 30.3 Å². The standard InChI is InChI=1S/C17H19FN2O4/c1-13(21)19-8-10-20(11-9-19)16(22)12-24-17(23)7-6-14-4-2-3-5-15(14)18/h2-7H,8-12H2,1H3/b7-6+. The van der Waals surface area contributed by atoms with Gasteiger partial charge in [0.2, 0.25) is 5.91 Å². The fourth-order valence-corrected chi connectivity index (χ4v) is 2.31. The topological polar surface area (TPSA) is 66.9 Å². The molecular weight excluding hydrogens is 315 g/mol. The summed E-state index contributed by atoms with van der Waals surface area (Å²) in [6.45, 7) is 2.90. The highest BCUT2D eigenvalue weighted by Crippen LogP contribution is 2.08. The lowest BCUT2D eigenvalue weighted by molar-refractivity contribution is -0.149. The van der Waals surface area contributed by atoms with Crippen LogP contribution in [0.2, 0.25) is 0 Å². The maximum absolute atomic E-state index is 13.4. The summed E-state index contributed by atoms with van der Waals surface area (Å²) in [5.41, 5.74) is 0.265. The summed E-state index contributed by atoms with van der Waals surface area (Å²) in [5, 5.41) is 0. The predicted molar refractivity (Wildman–Crippen MR) is 85.2 cm³/mol. The van der Waals surface area contributed by atoms with Crippen LogP contribution in [0.3, 0.4) is 0 Å². The second kappa shape index (κ2) is 8.24. The number of piperazine rings is 1. The number of hydrogen-bond acceptors (Lipinski definition) is 4. The summed E-state index contributed by atoms with van der Waals surface area (Å²) in [6, 6.07) is 6.02. The molecule has 6 nitrogen and oxygen atoms in total. The quantitative estimate of drug-likeness (QED) is 0.610. The van der Waals surface area contributed by atoms with Crippen molar-refractivity contribution >= 4 is 23.9 Å². The van der Waals surface area contributed by atoms with Gasteiger partial charge in [-0.1, -0.05) is 18.2 Å². The Hall–Kier alpha value is -2.70. The smallest absolute Gasteiger partial charge is 0.331 e. The summed E-state index contributed by atoms with van der Waals surface area (Å²) in [7, 11) is 0. The second-order valence-corrected chi connectivity index (χ2v) is 5.35. The minimum Gasteiger partial charge on any atom is -0.452 e. The Labute approximate surface area is 139 Å². The van der Waals surface area contributed by atoms with Crippen LogP contribution in [0.5, 0.6) is 0 Å². The van der Waals surface area contributed by atoms with Crippen LogP contribution in [0, 0.1) is 5.82 Å². The molecule has 1 aliphatic rings. The molecular formula is C17H19FN2O4. The molecule has 0 saturated carbocycles. The van der Waals surface area contributed by atoms with Gasteiger partial charge in [-0.05, 0) is 12.1 Å². The van der Waals surface area contributed by atoms with E-state index in [1.807, 2.05) is 0 Å². The van der Waals surface area contributed by atoms with Gasteiger partial charge < -0.3 is 14.5 Å². The zero-order chi connectivity index (χ0) is 17.5. The van der Waals surface area contributed by atoms with Crippen LogP contribution in [-0.2, 0) is 19.1 Å². The van der Waals surface area contributed by atoms with Gasteiger partial charge in [0, 0.05) is 44.7 Å². The summed E-state index contributed by atoms with van der Waals surface area (Å²) in [6.07, 6.45) is 2.38. The molecule has 1 heterocycles. The van der Waals surface area contributed by atoms with Gasteiger partial charge in [0.15, 0.2) is 6.61 Å². The molecule has 2 rings (SSSR count). The van der Waals surface area contributed by atoms with Gasteiger partial charge in [0.25, 0.3) is 5.91 Å². The molecule has 7 heteroatoms. The Morgan fingerprint density at radius 2 is 1.75 bits per heavy atom. The van der Waals surface area contributed by atoms with Crippen molar-refractivity contribution in [3.05, 3.63) is 41.7 Å². The molecule has 1 aromatic carbocycles. The third-order valence-corrected chi connectivity index (χ3v) is 3.72. The van der Waals surface area contributed by atoms with E-state index in [0.29, 0.717) is 26.2 Å². The highest BCUT2D eigenvalue weighted by atomic mass is 19.1. The zero-order valence-electron chi connectivity index (χ0n) is 13.4. The lowest BCUT2D eigenvalue weighted by atomic mass is 10.2. The van der Waals surface area contributed by atoms with E-state index in [-0.39, 0.29) is 24.0 Å². The zero-order valence-corrected chi connectivity index (χ0v) is 13.4. The molecule has 1 aromatic rings. The molecule has 2 amide bonds. The molecule has 0 N–H and O–H groups in total. The van der Waals surface area contributed by atoms with Crippen molar-refractivity contribution < 1.29 is 23.5 Å². The Morgan fingerprint density at radius 1 is 1.12 bits per heavy atom. The van der Waals surface area contributed by atoms with Crippen LogP contribution >= 0.6 is 0 Å². The minimum absolute atomic E-state index is 0.0215. The van der Waals surface area contributed by atoms with E-state index >= 15 is 0 Å². The Bertz CT molecular complexity index is 652. The molecule has 0 bridgehead atoms. The molecule has 1 aliphatic heterocycles. The molecule has 1 saturated heterocycles. The number of rotatable bonds is 4. The fraction of sp³-hybridized carbons (Fsp3) is 0.353. The molecule has 0 aromatic heterocycles. The van der Waals surface area contributed by atoms with Crippen LogP contribution in [0.4, 0.5) is 4.39 Å². The Morgan fingerprint density at radius 3 is 2.38 bits per heavy atom. The average molecular weight is 334 g/mol. The van der Waals surface area contributed by atoms with Gasteiger partial charge in [0.1, 0.15) is 5.82 Å². The van der Waals surface area contributed by atoms with Crippen molar-refractivity contribution in [2.24, 2.45) is 0 Å². The first-order valence-corrected chi connectivity index (χ1v) is 7.60. The largest absolute Gasteiger partial charge is 0.452 e. The number of esters is 1. The molecule has 0 unspecified atom stereocenters. The molecule has 0 atom stereocenters. The number of carbonyl (C=O) groups excluding carboxylic acids is 3. The molecule has 128 valence electrons. The van der Waals surface area contributed by atoms with E-state index in [4.69, 9.17) is 4.74 Å². The fourth-order valence-electron chi connectivity index (χ4n) is 2.31. The Balaban J connectivity index is 1.77. The van der Waals surface area contributed by atoms with Gasteiger partial charge in [0.05, 0.1) is 0 Å². The van der Waals surface area contributed by atoms with Crippen molar-refractivity contribution in [3.8, 4) is 0 Å². The van der Waals surface area contributed by atoms with E-state index in [2.05, 4.69) is 0 Å². The second-order valence-electron chi connectivity index (χ2n) is 5.35. The maximum atomic E-state index is 13.4. The highest BCUT2D eigenvalue weighted by Gasteiger charge is 2.22. The van der Waals surface area contributed by atoms with Gasteiger partial charge in [-0.3, -0.25) is 9.59 Å². The summed E-state index contributed by atoms with van der Waals surface area (Å²) >= 11 is 0. The van der Waals surface area contributed by atoms with Gasteiger partial charge >= 0.3 is 5.97 Å². The number of benzene rings is 1. The first kappa shape index (κ1) is 17.7. The summed E-state index contributed by atoms with van der Waals surface area (Å²) in [5.74, 6) is -1.49. The Kier molecular flexibility index (Phi) is 6.06. The lowest BCUT2D eigenvalue weighted by Crippen LogP contribution is -2.51. The number of amides is 2. The summed E-state index contributed by atoms with van der Waals surface area (Å²) in [4.78, 5) is 38.0. The number of nitrogens with zero attached hydrogens (tertiary/aromatic N) is 2. The van der Waals surface area contributed by atoms with Crippen molar-refractivity contribution in [3.63, 3.8) is 0 Å².